The van der Waals surface area contributed by atoms with E-state index in [1.54, 1.807) is 30.1 Å². The van der Waals surface area contributed by atoms with Crippen LogP contribution in [0.4, 0.5) is 0 Å². The van der Waals surface area contributed by atoms with Crippen molar-refractivity contribution in [3.8, 4) is 0 Å². The number of likely N-dealkylation sites (N-methyl/N-ethyl adjacent to an activating group) is 1. The quantitative estimate of drug-likeness (QED) is 0.411. The summed E-state index contributed by atoms with van der Waals surface area (Å²) in [5, 5.41) is 0. The van der Waals surface area contributed by atoms with Crippen molar-refractivity contribution >= 4 is 21.6 Å². The summed E-state index contributed by atoms with van der Waals surface area (Å²) in [4.78, 5) is 1.93. The molecule has 0 spiro atoms. The lowest BCUT2D eigenvalue weighted by Crippen LogP contribution is -2.53. The molecule has 2 unspecified atom stereocenters. The predicted molar refractivity (Wildman–Crippen MR) is 78.9 cm³/mol. The summed E-state index contributed by atoms with van der Waals surface area (Å²) in [5.41, 5.74) is 5.87. The van der Waals surface area contributed by atoms with Crippen molar-refractivity contribution < 1.29 is 13.2 Å². The van der Waals surface area contributed by atoms with Crippen LogP contribution >= 0.6 is 11.6 Å². The molecule has 2 atom stereocenters. The maximum absolute atomic E-state index is 12.1. The molecule has 0 bridgehead atoms. The summed E-state index contributed by atoms with van der Waals surface area (Å²) in [6.07, 6.45) is -1.37. The van der Waals surface area contributed by atoms with E-state index in [-0.39, 0.29) is 4.90 Å². The third kappa shape index (κ3) is 5.01. The van der Waals surface area contributed by atoms with Gasteiger partial charge in [-0.2, -0.15) is 4.72 Å². The average Bonchev–Trinajstić information content (AvgIpc) is 2.44. The maximum atomic E-state index is 12.1. The number of halogens is 1. The number of ether oxygens (including phenoxy) is 1. The fourth-order valence-electron chi connectivity index (χ4n) is 1.61. The van der Waals surface area contributed by atoms with Gasteiger partial charge in [-0.05, 0) is 19.2 Å². The van der Waals surface area contributed by atoms with Crippen LogP contribution in [0, 0.1) is 0 Å². The normalized spacial score (nSPS) is 15.2. The Balaban J connectivity index is 2.75. The number of nitrogens with zero attached hydrogens (tertiary/aromatic N) is 1. The van der Waals surface area contributed by atoms with Gasteiger partial charge >= 0.3 is 0 Å². The Bertz CT molecular complexity index is 498. The van der Waals surface area contributed by atoms with Gasteiger partial charge in [-0.3, -0.25) is 4.90 Å². The Hall–Kier alpha value is -0.700. The highest BCUT2D eigenvalue weighted by molar-refractivity contribution is 7.89. The topological polar surface area (TPSA) is 84.7 Å². The minimum Gasteiger partial charge on any atom is -0.377 e. The average molecular weight is 322 g/mol. The molecule has 0 fully saturated rings. The van der Waals surface area contributed by atoms with Gasteiger partial charge in [-0.25, -0.2) is 8.42 Å². The molecule has 1 aromatic carbocycles. The van der Waals surface area contributed by atoms with Crippen LogP contribution in [0.1, 0.15) is 0 Å². The molecule has 1 aromatic rings. The van der Waals surface area contributed by atoms with Gasteiger partial charge in [0.15, 0.2) is 0 Å². The molecule has 0 aliphatic carbocycles. The van der Waals surface area contributed by atoms with Crippen LogP contribution in [0.5, 0.6) is 0 Å². The molecule has 1 rings (SSSR count). The molecule has 0 amide bonds. The van der Waals surface area contributed by atoms with Gasteiger partial charge in [0.1, 0.15) is 0 Å². The highest BCUT2D eigenvalue weighted by Gasteiger charge is 2.24. The van der Waals surface area contributed by atoms with Crippen molar-refractivity contribution in [2.24, 2.45) is 5.73 Å². The van der Waals surface area contributed by atoms with Gasteiger partial charge < -0.3 is 10.5 Å². The van der Waals surface area contributed by atoms with Crippen LogP contribution in [-0.4, -0.2) is 52.3 Å². The first-order valence-corrected chi connectivity index (χ1v) is 8.02. The van der Waals surface area contributed by atoms with Gasteiger partial charge in [0.2, 0.25) is 10.0 Å². The van der Waals surface area contributed by atoms with E-state index in [0.717, 1.165) is 0 Å². The molecule has 0 radical (unpaired) electrons. The largest absolute Gasteiger partial charge is 0.377 e. The first kappa shape index (κ1) is 17.4. The summed E-state index contributed by atoms with van der Waals surface area (Å²) >= 11 is 5.68. The molecule has 0 saturated heterocycles. The lowest BCUT2D eigenvalue weighted by atomic mass is 10.3. The summed E-state index contributed by atoms with van der Waals surface area (Å²) in [5.74, 6) is 0. The van der Waals surface area contributed by atoms with E-state index in [1.165, 1.54) is 19.2 Å². The van der Waals surface area contributed by atoms with E-state index in [0.29, 0.717) is 12.5 Å². The second kappa shape index (κ2) is 7.92. The number of hydrogen-bond acceptors (Lipinski definition) is 5. The van der Waals surface area contributed by atoms with E-state index in [9.17, 15) is 8.42 Å². The Morgan fingerprint density at radius 1 is 1.40 bits per heavy atom. The fraction of sp³-hybridized carbons (Fsp3) is 0.500. The lowest BCUT2D eigenvalue weighted by Gasteiger charge is -2.26. The van der Waals surface area contributed by atoms with Gasteiger partial charge in [0.05, 0.1) is 23.2 Å². The highest BCUT2D eigenvalue weighted by atomic mass is 35.5. The van der Waals surface area contributed by atoms with Crippen molar-refractivity contribution in [1.29, 1.82) is 0 Å². The van der Waals surface area contributed by atoms with Crippen molar-refractivity contribution in [2.45, 2.75) is 17.2 Å². The third-order valence-electron chi connectivity index (χ3n) is 2.74. The zero-order chi connectivity index (χ0) is 15.2. The number of hydrogen-bond donors (Lipinski definition) is 2. The molecule has 6 nitrogen and oxygen atoms in total. The first-order chi connectivity index (χ1) is 9.40. The zero-order valence-corrected chi connectivity index (χ0v) is 13.1. The summed E-state index contributed by atoms with van der Waals surface area (Å²) in [6, 6.07) is 8.35. The van der Waals surface area contributed by atoms with Gasteiger partial charge in [0.25, 0.3) is 0 Å². The molecular weight excluding hydrogens is 302 g/mol. The minimum atomic E-state index is -3.66. The van der Waals surface area contributed by atoms with Crippen molar-refractivity contribution in [2.75, 3.05) is 26.7 Å². The first-order valence-electron chi connectivity index (χ1n) is 6.01. The molecule has 0 heterocycles. The number of sulfonamides is 1. The van der Waals surface area contributed by atoms with Crippen molar-refractivity contribution in [3.63, 3.8) is 0 Å². The highest BCUT2D eigenvalue weighted by Crippen LogP contribution is 2.09. The Kier molecular flexibility index (Phi) is 6.87. The van der Waals surface area contributed by atoms with Crippen LogP contribution in [0.2, 0.25) is 0 Å². The molecule has 114 valence electrons. The lowest BCUT2D eigenvalue weighted by molar-refractivity contribution is 0.0538. The monoisotopic (exact) mass is 321 g/mol. The Morgan fingerprint density at radius 3 is 2.50 bits per heavy atom. The van der Waals surface area contributed by atoms with E-state index in [4.69, 9.17) is 22.1 Å². The smallest absolute Gasteiger partial charge is 0.241 e. The number of nitrogens with two attached hydrogens (primary N) is 1. The molecule has 0 aromatic heterocycles. The fourth-order valence-corrected chi connectivity index (χ4v) is 2.87. The van der Waals surface area contributed by atoms with Crippen LogP contribution in [-0.2, 0) is 14.8 Å². The molecular formula is C12H20ClN3O3S. The van der Waals surface area contributed by atoms with E-state index in [1.807, 2.05) is 0 Å². The number of rotatable bonds is 8. The van der Waals surface area contributed by atoms with Gasteiger partial charge in [0, 0.05) is 13.7 Å². The molecule has 8 heteroatoms. The number of nitrogens with one attached hydrogen (secondary N) is 1. The molecule has 0 saturated carbocycles. The number of methoxy groups -OCH3 is 1. The van der Waals surface area contributed by atoms with E-state index >= 15 is 0 Å². The van der Waals surface area contributed by atoms with Crippen LogP contribution < -0.4 is 10.5 Å². The SMILES string of the molecule is COC(CN(C)CCl)C(N)NS(=O)(=O)c1ccccc1. The summed E-state index contributed by atoms with van der Waals surface area (Å²) in [6.45, 7) is 0.415. The zero-order valence-electron chi connectivity index (χ0n) is 11.5. The third-order valence-corrected chi connectivity index (χ3v) is 4.63. The molecule has 0 aliphatic heterocycles. The van der Waals surface area contributed by atoms with Gasteiger partial charge in [-0.15, -0.1) is 11.6 Å². The summed E-state index contributed by atoms with van der Waals surface area (Å²) < 4.78 is 31.9. The molecule has 20 heavy (non-hydrogen) atoms. The van der Waals surface area contributed by atoms with Crippen LogP contribution in [0.25, 0.3) is 0 Å². The summed E-state index contributed by atoms with van der Waals surface area (Å²) in [7, 11) is -0.399. The van der Waals surface area contributed by atoms with E-state index < -0.39 is 22.3 Å². The Morgan fingerprint density at radius 2 is 2.00 bits per heavy atom. The second-order valence-corrected chi connectivity index (χ2v) is 6.35. The molecule has 3 N–H and O–H groups in total. The van der Waals surface area contributed by atoms with Gasteiger partial charge in [-0.1, -0.05) is 18.2 Å². The van der Waals surface area contributed by atoms with Crippen molar-refractivity contribution in [1.82, 2.24) is 9.62 Å². The Labute approximate surface area is 124 Å². The van der Waals surface area contributed by atoms with Crippen molar-refractivity contribution in [3.05, 3.63) is 30.3 Å². The number of alkyl halides is 1. The predicted octanol–water partition coefficient (Wildman–Crippen LogP) is 0.393. The minimum absolute atomic E-state index is 0.163. The van der Waals surface area contributed by atoms with E-state index in [2.05, 4.69) is 4.72 Å². The number of benzene rings is 1. The molecule has 0 aliphatic rings. The van der Waals surface area contributed by atoms with Crippen LogP contribution in [0.3, 0.4) is 0 Å². The standard InChI is InChI=1S/C12H20ClN3O3S/c1-16(9-13)8-11(19-2)12(14)15-20(17,18)10-6-4-3-5-7-10/h3-7,11-12,15H,8-9,14H2,1-2H3. The second-order valence-electron chi connectivity index (χ2n) is 4.39. The van der Waals surface area contributed by atoms with Crippen LogP contribution in [0.15, 0.2) is 35.2 Å². The maximum Gasteiger partial charge on any atom is 0.241 e.